The highest BCUT2D eigenvalue weighted by atomic mass is 32.1. The zero-order valence-electron chi connectivity index (χ0n) is 12.1. The van der Waals surface area contributed by atoms with Crippen LogP contribution in [0.25, 0.3) is 21.0 Å². The van der Waals surface area contributed by atoms with Gasteiger partial charge in [0.2, 0.25) is 5.13 Å². The van der Waals surface area contributed by atoms with Gasteiger partial charge in [-0.15, -0.1) is 0 Å². The maximum absolute atomic E-state index is 9.91. The van der Waals surface area contributed by atoms with Gasteiger partial charge in [-0.1, -0.05) is 47.7 Å². The van der Waals surface area contributed by atoms with Crippen LogP contribution in [-0.4, -0.2) is 16.3 Å². The van der Waals surface area contributed by atoms with Crippen LogP contribution in [0.5, 0.6) is 5.75 Å². The number of anilines is 1. The number of rotatable bonds is 3. The molecule has 5 heteroatoms. The Morgan fingerprint density at radius 2 is 1.74 bits per heavy atom. The first kappa shape index (κ1) is 13.7. The van der Waals surface area contributed by atoms with Crippen LogP contribution in [0.2, 0.25) is 0 Å². The van der Waals surface area contributed by atoms with Crippen molar-refractivity contribution < 1.29 is 5.11 Å². The molecule has 2 N–H and O–H groups in total. The Kier molecular flexibility index (Phi) is 3.40. The number of hydrogen-bond acceptors (Lipinski definition) is 5. The zero-order valence-corrected chi connectivity index (χ0v) is 12.9. The van der Waals surface area contributed by atoms with Crippen molar-refractivity contribution in [2.24, 2.45) is 5.10 Å². The number of hydrogen-bond donors (Lipinski definition) is 2. The number of nitrogens with one attached hydrogen (secondary N) is 1. The Labute approximate surface area is 136 Å². The summed E-state index contributed by atoms with van der Waals surface area (Å²) >= 11 is 1.56. The third-order valence-corrected chi connectivity index (χ3v) is 4.53. The molecule has 0 unspecified atom stereocenters. The lowest BCUT2D eigenvalue weighted by atomic mass is 10.0. The zero-order chi connectivity index (χ0) is 15.6. The van der Waals surface area contributed by atoms with Crippen LogP contribution in [0.1, 0.15) is 5.56 Å². The van der Waals surface area contributed by atoms with Crippen LogP contribution in [0, 0.1) is 0 Å². The van der Waals surface area contributed by atoms with Gasteiger partial charge in [-0.2, -0.15) is 5.10 Å². The van der Waals surface area contributed by atoms with Crippen molar-refractivity contribution in [1.82, 2.24) is 4.98 Å². The number of phenolic OH excluding ortho intramolecular Hbond substituents is 1. The first-order valence-corrected chi connectivity index (χ1v) is 7.98. The maximum Gasteiger partial charge on any atom is 0.204 e. The van der Waals surface area contributed by atoms with Crippen LogP contribution < -0.4 is 5.43 Å². The number of phenols is 1. The average molecular weight is 319 g/mol. The molecule has 0 saturated carbocycles. The molecule has 3 aromatic carbocycles. The molecule has 0 amide bonds. The van der Waals surface area contributed by atoms with E-state index in [1.165, 1.54) is 0 Å². The van der Waals surface area contributed by atoms with Gasteiger partial charge in [0.15, 0.2) is 0 Å². The van der Waals surface area contributed by atoms with Gasteiger partial charge < -0.3 is 5.11 Å². The lowest BCUT2D eigenvalue weighted by molar-refractivity contribution is 0.481. The summed E-state index contributed by atoms with van der Waals surface area (Å²) in [7, 11) is 0. The second kappa shape index (κ2) is 5.70. The largest absolute Gasteiger partial charge is 0.507 e. The van der Waals surface area contributed by atoms with Gasteiger partial charge in [-0.3, -0.25) is 5.43 Å². The normalized spacial score (nSPS) is 11.5. The number of hydrazone groups is 1. The monoisotopic (exact) mass is 319 g/mol. The first-order valence-electron chi connectivity index (χ1n) is 7.16. The molecule has 4 nitrogen and oxygen atoms in total. The Bertz CT molecular complexity index is 990. The Morgan fingerprint density at radius 1 is 0.957 bits per heavy atom. The van der Waals surface area contributed by atoms with Gasteiger partial charge in [0.1, 0.15) is 5.75 Å². The van der Waals surface area contributed by atoms with Crippen molar-refractivity contribution in [3.8, 4) is 5.75 Å². The van der Waals surface area contributed by atoms with Crippen molar-refractivity contribution >= 4 is 43.7 Å². The SMILES string of the molecule is Oc1ccc(/C=N/Nc2nc3ccccc3s2)c2ccccc12. The minimum absolute atomic E-state index is 0.275. The highest BCUT2D eigenvalue weighted by Gasteiger charge is 2.03. The van der Waals surface area contributed by atoms with Crippen molar-refractivity contribution in [1.29, 1.82) is 0 Å². The topological polar surface area (TPSA) is 57.5 Å². The molecule has 0 aliphatic carbocycles. The Hall–Kier alpha value is -2.92. The quantitative estimate of drug-likeness (QED) is 0.428. The van der Waals surface area contributed by atoms with E-state index in [1.807, 2.05) is 54.6 Å². The molecule has 0 atom stereocenters. The highest BCUT2D eigenvalue weighted by molar-refractivity contribution is 7.22. The van der Waals surface area contributed by atoms with Gasteiger partial charge in [0.25, 0.3) is 0 Å². The number of fused-ring (bicyclic) bond motifs is 2. The average Bonchev–Trinajstić information content (AvgIpc) is 3.00. The van der Waals surface area contributed by atoms with Crippen molar-refractivity contribution in [2.75, 3.05) is 5.43 Å². The summed E-state index contributed by atoms with van der Waals surface area (Å²) in [6.07, 6.45) is 1.74. The summed E-state index contributed by atoms with van der Waals surface area (Å²) < 4.78 is 1.13. The predicted octanol–water partition coefficient (Wildman–Crippen LogP) is 4.60. The lowest BCUT2D eigenvalue weighted by Gasteiger charge is -2.03. The van der Waals surface area contributed by atoms with Crippen molar-refractivity contribution in [2.45, 2.75) is 0 Å². The van der Waals surface area contributed by atoms with Gasteiger partial charge in [0, 0.05) is 10.9 Å². The highest BCUT2D eigenvalue weighted by Crippen LogP contribution is 2.27. The van der Waals surface area contributed by atoms with E-state index in [0.717, 1.165) is 31.7 Å². The second-order valence-electron chi connectivity index (χ2n) is 5.08. The molecule has 4 aromatic rings. The second-order valence-corrected chi connectivity index (χ2v) is 6.11. The van der Waals surface area contributed by atoms with E-state index in [9.17, 15) is 5.11 Å². The molecule has 0 bridgehead atoms. The molecule has 1 aromatic heterocycles. The fourth-order valence-corrected chi connectivity index (χ4v) is 3.31. The Balaban J connectivity index is 1.63. The fraction of sp³-hybridized carbons (Fsp3) is 0. The molecular weight excluding hydrogens is 306 g/mol. The summed E-state index contributed by atoms with van der Waals surface area (Å²) in [5, 5.41) is 16.7. The van der Waals surface area contributed by atoms with Crippen LogP contribution in [0.3, 0.4) is 0 Å². The number of thiazole rings is 1. The summed E-state index contributed by atoms with van der Waals surface area (Å²) in [6, 6.07) is 19.2. The predicted molar refractivity (Wildman–Crippen MR) is 96.4 cm³/mol. The standard InChI is InChI=1S/C18H13N3OS/c22-16-10-9-12(13-5-1-2-6-14(13)16)11-19-21-18-20-15-7-3-4-8-17(15)23-18/h1-11,22H,(H,20,21)/b19-11+. The third kappa shape index (κ3) is 2.62. The van der Waals surface area contributed by atoms with Crippen LogP contribution in [0.4, 0.5) is 5.13 Å². The molecule has 0 radical (unpaired) electrons. The van der Waals surface area contributed by atoms with Crippen LogP contribution >= 0.6 is 11.3 Å². The van der Waals surface area contributed by atoms with E-state index >= 15 is 0 Å². The molecule has 112 valence electrons. The summed E-state index contributed by atoms with van der Waals surface area (Å²) in [5.41, 5.74) is 4.88. The van der Waals surface area contributed by atoms with E-state index in [0.29, 0.717) is 0 Å². The van der Waals surface area contributed by atoms with E-state index in [4.69, 9.17) is 0 Å². The summed E-state index contributed by atoms with van der Waals surface area (Å²) in [5.74, 6) is 0.275. The van der Waals surface area contributed by atoms with E-state index < -0.39 is 0 Å². The summed E-state index contributed by atoms with van der Waals surface area (Å²) in [6.45, 7) is 0. The molecule has 0 fully saturated rings. The van der Waals surface area contributed by atoms with Gasteiger partial charge in [0.05, 0.1) is 16.4 Å². The van der Waals surface area contributed by atoms with E-state index in [-0.39, 0.29) is 5.75 Å². The number of aromatic nitrogens is 1. The minimum atomic E-state index is 0.275. The molecule has 4 rings (SSSR count). The Morgan fingerprint density at radius 3 is 2.61 bits per heavy atom. The van der Waals surface area contributed by atoms with Crippen LogP contribution in [0.15, 0.2) is 65.8 Å². The lowest BCUT2D eigenvalue weighted by Crippen LogP contribution is -1.91. The molecule has 1 heterocycles. The molecule has 0 aliphatic heterocycles. The fourth-order valence-electron chi connectivity index (χ4n) is 2.50. The number of nitrogens with zero attached hydrogens (tertiary/aromatic N) is 2. The van der Waals surface area contributed by atoms with E-state index in [1.54, 1.807) is 23.6 Å². The van der Waals surface area contributed by atoms with Gasteiger partial charge in [-0.25, -0.2) is 4.98 Å². The van der Waals surface area contributed by atoms with Gasteiger partial charge in [-0.05, 0) is 29.7 Å². The molecule has 23 heavy (non-hydrogen) atoms. The smallest absolute Gasteiger partial charge is 0.204 e. The number of para-hydroxylation sites is 1. The van der Waals surface area contributed by atoms with Crippen LogP contribution in [-0.2, 0) is 0 Å². The molecule has 0 spiro atoms. The molecule has 0 aliphatic rings. The van der Waals surface area contributed by atoms with Gasteiger partial charge >= 0.3 is 0 Å². The minimum Gasteiger partial charge on any atom is -0.507 e. The maximum atomic E-state index is 9.91. The third-order valence-electron chi connectivity index (χ3n) is 3.59. The van der Waals surface area contributed by atoms with Crippen molar-refractivity contribution in [3.05, 3.63) is 66.2 Å². The first-order chi connectivity index (χ1) is 11.3. The molecule has 0 saturated heterocycles. The molecular formula is C18H13N3OS. The number of aromatic hydroxyl groups is 1. The van der Waals surface area contributed by atoms with E-state index in [2.05, 4.69) is 15.5 Å². The summed E-state index contributed by atoms with van der Waals surface area (Å²) in [4.78, 5) is 4.47. The number of benzene rings is 3. The van der Waals surface area contributed by atoms with Crippen molar-refractivity contribution in [3.63, 3.8) is 0 Å².